The highest BCUT2D eigenvalue weighted by Crippen LogP contribution is 2.27. The number of carbonyl (C=O) groups excluding carboxylic acids is 1. The SMILES string of the molecule is CCOC(=O)Cc1sc(-c2cc(C)on2)nc1C. The first kappa shape index (κ1) is 12.8. The molecule has 2 heterocycles. The monoisotopic (exact) mass is 266 g/mol. The highest BCUT2D eigenvalue weighted by Gasteiger charge is 2.15. The van der Waals surface area contributed by atoms with Gasteiger partial charge in [-0.05, 0) is 20.8 Å². The molecule has 2 aromatic rings. The molecule has 0 bridgehead atoms. The minimum Gasteiger partial charge on any atom is -0.466 e. The molecular formula is C12H14N2O3S. The summed E-state index contributed by atoms with van der Waals surface area (Å²) in [5, 5.41) is 4.68. The molecule has 0 radical (unpaired) electrons. The third kappa shape index (κ3) is 2.76. The zero-order valence-corrected chi connectivity index (χ0v) is 11.3. The molecule has 0 aliphatic carbocycles. The lowest BCUT2D eigenvalue weighted by Gasteiger charge is -1.99. The molecule has 0 saturated heterocycles. The summed E-state index contributed by atoms with van der Waals surface area (Å²) >= 11 is 1.45. The maximum absolute atomic E-state index is 11.4. The first-order valence-electron chi connectivity index (χ1n) is 5.65. The number of aryl methyl sites for hydroxylation is 2. The van der Waals surface area contributed by atoms with Crippen LogP contribution in [0.1, 0.15) is 23.3 Å². The summed E-state index contributed by atoms with van der Waals surface area (Å²) < 4.78 is 9.94. The van der Waals surface area contributed by atoms with Crippen molar-refractivity contribution in [3.8, 4) is 10.7 Å². The highest BCUT2D eigenvalue weighted by molar-refractivity contribution is 7.15. The smallest absolute Gasteiger partial charge is 0.311 e. The molecule has 0 N–H and O–H groups in total. The fourth-order valence-electron chi connectivity index (χ4n) is 1.51. The molecule has 96 valence electrons. The van der Waals surface area contributed by atoms with E-state index in [0.717, 1.165) is 21.3 Å². The van der Waals surface area contributed by atoms with Crippen LogP contribution in [-0.4, -0.2) is 22.7 Å². The van der Waals surface area contributed by atoms with Crippen LogP contribution in [0.3, 0.4) is 0 Å². The van der Waals surface area contributed by atoms with Gasteiger partial charge >= 0.3 is 5.97 Å². The lowest BCUT2D eigenvalue weighted by molar-refractivity contribution is -0.142. The number of hydrogen-bond acceptors (Lipinski definition) is 6. The van der Waals surface area contributed by atoms with Crippen LogP contribution < -0.4 is 0 Å². The van der Waals surface area contributed by atoms with Gasteiger partial charge in [-0.2, -0.15) is 0 Å². The molecule has 0 aromatic carbocycles. The van der Waals surface area contributed by atoms with Crippen molar-refractivity contribution in [3.63, 3.8) is 0 Å². The normalized spacial score (nSPS) is 10.6. The molecule has 2 aromatic heterocycles. The van der Waals surface area contributed by atoms with Crippen molar-refractivity contribution < 1.29 is 14.1 Å². The maximum atomic E-state index is 11.4. The Kier molecular flexibility index (Phi) is 3.76. The van der Waals surface area contributed by atoms with Crippen LogP contribution >= 0.6 is 11.3 Å². The van der Waals surface area contributed by atoms with Crippen LogP contribution in [0.25, 0.3) is 10.7 Å². The molecule has 0 fully saturated rings. The lowest BCUT2D eigenvalue weighted by Crippen LogP contribution is -2.07. The molecule has 0 aliphatic rings. The van der Waals surface area contributed by atoms with Gasteiger partial charge < -0.3 is 9.26 Å². The van der Waals surface area contributed by atoms with E-state index in [0.29, 0.717) is 12.3 Å². The third-order valence-electron chi connectivity index (χ3n) is 2.35. The second-order valence-corrected chi connectivity index (χ2v) is 4.92. The van der Waals surface area contributed by atoms with Crippen LogP contribution in [0, 0.1) is 13.8 Å². The molecule has 6 heteroatoms. The average molecular weight is 266 g/mol. The van der Waals surface area contributed by atoms with E-state index in [-0.39, 0.29) is 12.4 Å². The number of aromatic nitrogens is 2. The first-order valence-corrected chi connectivity index (χ1v) is 6.47. The van der Waals surface area contributed by atoms with E-state index in [9.17, 15) is 4.79 Å². The molecule has 2 rings (SSSR count). The largest absolute Gasteiger partial charge is 0.466 e. The number of rotatable bonds is 4. The van der Waals surface area contributed by atoms with Crippen molar-refractivity contribution in [1.82, 2.24) is 10.1 Å². The van der Waals surface area contributed by atoms with Gasteiger partial charge in [0.05, 0.1) is 18.7 Å². The topological polar surface area (TPSA) is 65.2 Å². The second-order valence-electron chi connectivity index (χ2n) is 3.83. The zero-order chi connectivity index (χ0) is 13.1. The molecule has 0 saturated carbocycles. The fourth-order valence-corrected chi connectivity index (χ4v) is 2.51. The first-order chi connectivity index (χ1) is 8.60. The summed E-state index contributed by atoms with van der Waals surface area (Å²) in [4.78, 5) is 16.7. The Labute approximate surface area is 109 Å². The van der Waals surface area contributed by atoms with Crippen molar-refractivity contribution in [1.29, 1.82) is 0 Å². The lowest BCUT2D eigenvalue weighted by atomic mass is 10.3. The van der Waals surface area contributed by atoms with E-state index in [1.165, 1.54) is 11.3 Å². The van der Waals surface area contributed by atoms with Crippen molar-refractivity contribution >= 4 is 17.3 Å². The number of thiazole rings is 1. The molecule has 5 nitrogen and oxygen atoms in total. The Bertz CT molecular complexity index is 559. The Morgan fingerprint density at radius 1 is 1.50 bits per heavy atom. The average Bonchev–Trinajstić information content (AvgIpc) is 2.87. The van der Waals surface area contributed by atoms with Gasteiger partial charge in [-0.25, -0.2) is 4.98 Å². The van der Waals surface area contributed by atoms with Crippen LogP contribution in [0.15, 0.2) is 10.6 Å². The van der Waals surface area contributed by atoms with E-state index in [1.807, 2.05) is 19.9 Å². The van der Waals surface area contributed by atoms with Crippen molar-refractivity contribution in [2.24, 2.45) is 0 Å². The molecule has 0 atom stereocenters. The van der Waals surface area contributed by atoms with Crippen molar-refractivity contribution in [2.45, 2.75) is 27.2 Å². The number of carbonyl (C=O) groups is 1. The standard InChI is InChI=1S/C12H14N2O3S/c1-4-16-11(15)6-10-8(3)13-12(18-10)9-5-7(2)17-14-9/h5H,4,6H2,1-3H3. The highest BCUT2D eigenvalue weighted by atomic mass is 32.1. The summed E-state index contributed by atoms with van der Waals surface area (Å²) in [7, 11) is 0. The van der Waals surface area contributed by atoms with E-state index < -0.39 is 0 Å². The Morgan fingerprint density at radius 2 is 2.28 bits per heavy atom. The Balaban J connectivity index is 2.19. The number of nitrogens with zero attached hydrogens (tertiary/aromatic N) is 2. The molecule has 0 spiro atoms. The van der Waals surface area contributed by atoms with Crippen LogP contribution in [0.2, 0.25) is 0 Å². The fraction of sp³-hybridized carbons (Fsp3) is 0.417. The van der Waals surface area contributed by atoms with Crippen LogP contribution in [-0.2, 0) is 16.0 Å². The molecular weight excluding hydrogens is 252 g/mol. The van der Waals surface area contributed by atoms with Crippen LogP contribution in [0.4, 0.5) is 0 Å². The quantitative estimate of drug-likeness (QED) is 0.795. The summed E-state index contributed by atoms with van der Waals surface area (Å²) in [5.74, 6) is 0.511. The zero-order valence-electron chi connectivity index (χ0n) is 10.5. The predicted octanol–water partition coefficient (Wildman–Crippen LogP) is 2.52. The van der Waals surface area contributed by atoms with E-state index >= 15 is 0 Å². The van der Waals surface area contributed by atoms with Crippen LogP contribution in [0.5, 0.6) is 0 Å². The van der Waals surface area contributed by atoms with Gasteiger partial charge in [0.25, 0.3) is 0 Å². The number of hydrogen-bond donors (Lipinski definition) is 0. The van der Waals surface area contributed by atoms with Crippen molar-refractivity contribution in [3.05, 3.63) is 22.4 Å². The number of esters is 1. The Morgan fingerprint density at radius 3 is 2.89 bits per heavy atom. The maximum Gasteiger partial charge on any atom is 0.311 e. The Hall–Kier alpha value is -1.69. The van der Waals surface area contributed by atoms with Gasteiger partial charge in [-0.15, -0.1) is 11.3 Å². The van der Waals surface area contributed by atoms with Gasteiger partial charge in [0, 0.05) is 10.9 Å². The second kappa shape index (κ2) is 5.30. The minimum atomic E-state index is -0.230. The third-order valence-corrected chi connectivity index (χ3v) is 3.53. The summed E-state index contributed by atoms with van der Waals surface area (Å²) in [5.41, 5.74) is 1.54. The van der Waals surface area contributed by atoms with Gasteiger partial charge in [0.2, 0.25) is 0 Å². The van der Waals surface area contributed by atoms with E-state index in [4.69, 9.17) is 9.26 Å². The molecule has 0 aliphatic heterocycles. The van der Waals surface area contributed by atoms with Gasteiger partial charge in [-0.3, -0.25) is 4.79 Å². The molecule has 18 heavy (non-hydrogen) atoms. The van der Waals surface area contributed by atoms with Gasteiger partial charge in [0.1, 0.15) is 16.5 Å². The van der Waals surface area contributed by atoms with Gasteiger partial charge in [-0.1, -0.05) is 5.16 Å². The molecule has 0 unspecified atom stereocenters. The minimum absolute atomic E-state index is 0.230. The summed E-state index contributed by atoms with van der Waals surface area (Å²) in [6.07, 6.45) is 0.258. The van der Waals surface area contributed by atoms with Crippen molar-refractivity contribution in [2.75, 3.05) is 6.61 Å². The van der Waals surface area contributed by atoms with E-state index in [2.05, 4.69) is 10.1 Å². The summed E-state index contributed by atoms with van der Waals surface area (Å²) in [6.45, 7) is 5.89. The van der Waals surface area contributed by atoms with E-state index in [1.54, 1.807) is 6.92 Å². The van der Waals surface area contributed by atoms with Gasteiger partial charge in [0.15, 0.2) is 0 Å². The number of ether oxygens (including phenoxy) is 1. The summed E-state index contributed by atoms with van der Waals surface area (Å²) in [6, 6.07) is 1.83. The molecule has 0 amide bonds. The predicted molar refractivity (Wildman–Crippen MR) is 67.4 cm³/mol.